The van der Waals surface area contributed by atoms with Gasteiger partial charge in [-0.1, -0.05) is 19.3 Å². The van der Waals surface area contributed by atoms with Crippen LogP contribution in [-0.2, 0) is 6.54 Å². The minimum absolute atomic E-state index is 0.0758. The van der Waals surface area contributed by atoms with Crippen molar-refractivity contribution in [3.8, 4) is 0 Å². The number of nitrogens with one attached hydrogen (secondary N) is 2. The van der Waals surface area contributed by atoms with Gasteiger partial charge in [0.1, 0.15) is 0 Å². The van der Waals surface area contributed by atoms with Gasteiger partial charge in [-0.25, -0.2) is 4.79 Å². The van der Waals surface area contributed by atoms with E-state index in [4.69, 9.17) is 4.42 Å². The number of hydrogen-bond donors (Lipinski definition) is 2. The molecule has 0 aromatic carbocycles. The number of amides is 2. The number of carbonyl (C=O) groups is 1. The highest BCUT2D eigenvalue weighted by Gasteiger charge is 2.15. The highest BCUT2D eigenvalue weighted by atomic mass is 16.3. The van der Waals surface area contributed by atoms with E-state index in [1.165, 1.54) is 19.3 Å². The van der Waals surface area contributed by atoms with Crippen LogP contribution in [0.2, 0.25) is 0 Å². The molecular formula is C12H18N2O2. The van der Waals surface area contributed by atoms with Crippen LogP contribution in [0.25, 0.3) is 0 Å². The third-order valence-corrected chi connectivity index (χ3v) is 2.97. The van der Waals surface area contributed by atoms with Crippen LogP contribution < -0.4 is 10.6 Å². The van der Waals surface area contributed by atoms with Crippen LogP contribution in [0.4, 0.5) is 4.79 Å². The fourth-order valence-electron chi connectivity index (χ4n) is 2.06. The number of carbonyl (C=O) groups excluding carboxylic acids is 1. The summed E-state index contributed by atoms with van der Waals surface area (Å²) >= 11 is 0. The van der Waals surface area contributed by atoms with Crippen LogP contribution in [0.1, 0.15) is 37.7 Å². The molecular weight excluding hydrogens is 204 g/mol. The van der Waals surface area contributed by atoms with Crippen molar-refractivity contribution in [3.05, 3.63) is 24.2 Å². The smallest absolute Gasteiger partial charge is 0.315 e. The summed E-state index contributed by atoms with van der Waals surface area (Å²) in [6.45, 7) is 0.523. The summed E-state index contributed by atoms with van der Waals surface area (Å²) in [5.74, 6) is 0. The van der Waals surface area contributed by atoms with Gasteiger partial charge in [0.05, 0.1) is 12.5 Å². The average Bonchev–Trinajstić information content (AvgIpc) is 2.81. The third-order valence-electron chi connectivity index (χ3n) is 2.97. The molecule has 2 N–H and O–H groups in total. The summed E-state index contributed by atoms with van der Waals surface area (Å²) in [6, 6.07) is 2.13. The van der Waals surface area contributed by atoms with Gasteiger partial charge in [0, 0.05) is 18.2 Å². The van der Waals surface area contributed by atoms with E-state index in [1.54, 1.807) is 12.5 Å². The Bertz CT molecular complexity index is 316. The van der Waals surface area contributed by atoms with Crippen molar-refractivity contribution in [3.63, 3.8) is 0 Å². The van der Waals surface area contributed by atoms with E-state index in [-0.39, 0.29) is 6.03 Å². The fraction of sp³-hybridized carbons (Fsp3) is 0.583. The first-order valence-corrected chi connectivity index (χ1v) is 5.90. The predicted molar refractivity (Wildman–Crippen MR) is 61.0 cm³/mol. The lowest BCUT2D eigenvalue weighted by Gasteiger charge is -2.22. The number of hydrogen-bond acceptors (Lipinski definition) is 2. The monoisotopic (exact) mass is 222 g/mol. The number of furan rings is 1. The third kappa shape index (κ3) is 3.29. The van der Waals surface area contributed by atoms with Gasteiger partial charge >= 0.3 is 6.03 Å². The van der Waals surface area contributed by atoms with E-state index < -0.39 is 0 Å². The highest BCUT2D eigenvalue weighted by molar-refractivity contribution is 5.74. The summed E-state index contributed by atoms with van der Waals surface area (Å²) in [5.41, 5.74) is 0.985. The lowest BCUT2D eigenvalue weighted by Crippen LogP contribution is -2.42. The van der Waals surface area contributed by atoms with Crippen LogP contribution in [0, 0.1) is 0 Å². The van der Waals surface area contributed by atoms with Gasteiger partial charge < -0.3 is 15.1 Å². The maximum Gasteiger partial charge on any atom is 0.315 e. The van der Waals surface area contributed by atoms with E-state index in [9.17, 15) is 4.79 Å². The second kappa shape index (κ2) is 5.58. The standard InChI is InChI=1S/C12H18N2O2/c15-12(13-8-10-6-7-16-9-10)14-11-4-2-1-3-5-11/h6-7,9,11H,1-5,8H2,(H2,13,14,15). The molecule has 0 unspecified atom stereocenters. The Labute approximate surface area is 95.4 Å². The molecule has 1 saturated carbocycles. The molecule has 2 rings (SSSR count). The maximum absolute atomic E-state index is 11.6. The zero-order valence-electron chi connectivity index (χ0n) is 9.37. The summed E-state index contributed by atoms with van der Waals surface area (Å²) in [7, 11) is 0. The average molecular weight is 222 g/mol. The summed E-state index contributed by atoms with van der Waals surface area (Å²) in [6.07, 6.45) is 9.23. The first kappa shape index (κ1) is 11.0. The topological polar surface area (TPSA) is 54.3 Å². The Morgan fingerprint density at radius 1 is 1.38 bits per heavy atom. The summed E-state index contributed by atoms with van der Waals surface area (Å²) in [4.78, 5) is 11.6. The Kier molecular flexibility index (Phi) is 3.86. The van der Waals surface area contributed by atoms with Crippen molar-refractivity contribution in [1.29, 1.82) is 0 Å². The van der Waals surface area contributed by atoms with Crippen LogP contribution in [0.3, 0.4) is 0 Å². The van der Waals surface area contributed by atoms with E-state index >= 15 is 0 Å². The first-order valence-electron chi connectivity index (χ1n) is 5.90. The summed E-state index contributed by atoms with van der Waals surface area (Å²) in [5, 5.41) is 5.82. The van der Waals surface area contributed by atoms with E-state index in [0.717, 1.165) is 18.4 Å². The predicted octanol–water partition coefficient (Wildman–Crippen LogP) is 2.41. The molecule has 0 atom stereocenters. The van der Waals surface area contributed by atoms with Crippen molar-refractivity contribution in [2.24, 2.45) is 0 Å². The van der Waals surface area contributed by atoms with Crippen molar-refractivity contribution in [2.75, 3.05) is 0 Å². The number of rotatable bonds is 3. The zero-order chi connectivity index (χ0) is 11.2. The molecule has 4 heteroatoms. The molecule has 1 heterocycles. The van der Waals surface area contributed by atoms with Crippen LogP contribution in [0.15, 0.2) is 23.0 Å². The molecule has 4 nitrogen and oxygen atoms in total. The fourth-order valence-corrected chi connectivity index (χ4v) is 2.06. The Hall–Kier alpha value is -1.45. The van der Waals surface area contributed by atoms with Crippen molar-refractivity contribution in [1.82, 2.24) is 10.6 Å². The van der Waals surface area contributed by atoms with Crippen LogP contribution in [-0.4, -0.2) is 12.1 Å². The van der Waals surface area contributed by atoms with E-state index in [1.807, 2.05) is 6.07 Å². The Balaban J connectivity index is 1.67. The highest BCUT2D eigenvalue weighted by Crippen LogP contribution is 2.17. The van der Waals surface area contributed by atoms with Gasteiger partial charge in [0.25, 0.3) is 0 Å². The Morgan fingerprint density at radius 3 is 2.88 bits per heavy atom. The molecule has 0 aliphatic heterocycles. The van der Waals surface area contributed by atoms with Gasteiger partial charge in [-0.05, 0) is 18.9 Å². The van der Waals surface area contributed by atoms with E-state index in [0.29, 0.717) is 12.6 Å². The molecule has 1 aliphatic carbocycles. The van der Waals surface area contributed by atoms with Crippen LogP contribution in [0.5, 0.6) is 0 Å². The molecule has 1 fully saturated rings. The largest absolute Gasteiger partial charge is 0.472 e. The van der Waals surface area contributed by atoms with Crippen molar-refractivity contribution < 1.29 is 9.21 Å². The maximum atomic E-state index is 11.6. The second-order valence-corrected chi connectivity index (χ2v) is 4.29. The van der Waals surface area contributed by atoms with Gasteiger partial charge in [0.2, 0.25) is 0 Å². The minimum atomic E-state index is -0.0758. The SMILES string of the molecule is O=C(NCc1ccoc1)NC1CCCCC1. The molecule has 1 aromatic rings. The molecule has 0 radical (unpaired) electrons. The van der Waals surface area contributed by atoms with Gasteiger partial charge in [-0.15, -0.1) is 0 Å². The first-order chi connectivity index (χ1) is 7.84. The molecule has 1 aromatic heterocycles. The number of urea groups is 1. The van der Waals surface area contributed by atoms with Crippen molar-refractivity contribution in [2.45, 2.75) is 44.7 Å². The normalized spacial score (nSPS) is 17.0. The van der Waals surface area contributed by atoms with Gasteiger partial charge in [-0.3, -0.25) is 0 Å². The minimum Gasteiger partial charge on any atom is -0.472 e. The lowest BCUT2D eigenvalue weighted by atomic mass is 9.96. The molecule has 0 saturated heterocycles. The van der Waals surface area contributed by atoms with Crippen molar-refractivity contribution >= 4 is 6.03 Å². The quantitative estimate of drug-likeness (QED) is 0.825. The molecule has 0 spiro atoms. The van der Waals surface area contributed by atoms with Crippen LogP contribution >= 0.6 is 0 Å². The van der Waals surface area contributed by atoms with Gasteiger partial charge in [0.15, 0.2) is 0 Å². The molecule has 16 heavy (non-hydrogen) atoms. The Morgan fingerprint density at radius 2 is 2.19 bits per heavy atom. The summed E-state index contributed by atoms with van der Waals surface area (Å²) < 4.78 is 4.93. The molecule has 0 bridgehead atoms. The molecule has 1 aliphatic rings. The molecule has 88 valence electrons. The van der Waals surface area contributed by atoms with Gasteiger partial charge in [-0.2, -0.15) is 0 Å². The lowest BCUT2D eigenvalue weighted by molar-refractivity contribution is 0.232. The zero-order valence-corrected chi connectivity index (χ0v) is 9.37. The van der Waals surface area contributed by atoms with E-state index in [2.05, 4.69) is 10.6 Å². The second-order valence-electron chi connectivity index (χ2n) is 4.29. The molecule has 2 amide bonds.